The number of nitrogens with zero attached hydrogens (tertiary/aromatic N) is 1. The summed E-state index contributed by atoms with van der Waals surface area (Å²) < 4.78 is 11.4. The van der Waals surface area contributed by atoms with Gasteiger partial charge in [0.25, 0.3) is 0 Å². The Balaban J connectivity index is 2.20. The van der Waals surface area contributed by atoms with Crippen LogP contribution in [0.5, 0.6) is 11.5 Å². The largest absolute Gasteiger partial charge is 0.496 e. The van der Waals surface area contributed by atoms with Crippen molar-refractivity contribution < 1.29 is 14.4 Å². The third-order valence-corrected chi connectivity index (χ3v) is 4.31. The van der Waals surface area contributed by atoms with Gasteiger partial charge in [-0.05, 0) is 39.5 Å². The monoisotopic (exact) mass is 343 g/mol. The molecule has 0 amide bonds. The predicted octanol–water partition coefficient (Wildman–Crippen LogP) is 4.01. The van der Waals surface area contributed by atoms with Gasteiger partial charge in [-0.15, -0.1) is 11.3 Å². The highest BCUT2D eigenvalue weighted by molar-refractivity contribution is 9.10. The van der Waals surface area contributed by atoms with Gasteiger partial charge in [-0.3, -0.25) is 10.1 Å². The van der Waals surface area contributed by atoms with E-state index in [1.165, 1.54) is 24.5 Å². The maximum absolute atomic E-state index is 11.0. The molecule has 19 heavy (non-hydrogen) atoms. The first-order chi connectivity index (χ1) is 9.11. The summed E-state index contributed by atoms with van der Waals surface area (Å²) in [5.41, 5.74) is -0.105. The van der Waals surface area contributed by atoms with Crippen LogP contribution in [0, 0.1) is 10.1 Å². The van der Waals surface area contributed by atoms with Crippen molar-refractivity contribution in [1.29, 1.82) is 0 Å². The van der Waals surface area contributed by atoms with E-state index in [1.807, 2.05) is 11.4 Å². The number of nitro benzene ring substituents is 1. The SMILES string of the molecule is COc1ccc(OCc2sccc2Br)c([N+](=O)[O-])c1. The molecule has 0 aliphatic carbocycles. The fraction of sp³-hybridized carbons (Fsp3) is 0.167. The van der Waals surface area contributed by atoms with Crippen molar-refractivity contribution in [3.05, 3.63) is 49.1 Å². The quantitative estimate of drug-likeness (QED) is 0.607. The van der Waals surface area contributed by atoms with Crippen molar-refractivity contribution in [2.45, 2.75) is 6.61 Å². The maximum Gasteiger partial charge on any atom is 0.314 e. The van der Waals surface area contributed by atoms with E-state index in [0.29, 0.717) is 5.75 Å². The average Bonchev–Trinajstić information content (AvgIpc) is 2.81. The first-order valence-corrected chi connectivity index (χ1v) is 6.96. The molecule has 0 N–H and O–H groups in total. The zero-order chi connectivity index (χ0) is 13.8. The fourth-order valence-corrected chi connectivity index (χ4v) is 2.84. The van der Waals surface area contributed by atoms with E-state index in [2.05, 4.69) is 15.9 Å². The second-order valence-corrected chi connectivity index (χ2v) is 5.43. The standard InChI is InChI=1S/C12H10BrNO4S/c1-17-8-2-3-11(10(6-8)14(15)16)18-7-12-9(13)4-5-19-12/h2-6H,7H2,1H3. The third kappa shape index (κ3) is 3.24. The molecule has 0 saturated heterocycles. The lowest BCUT2D eigenvalue weighted by Crippen LogP contribution is -1.98. The molecule has 0 atom stereocenters. The van der Waals surface area contributed by atoms with E-state index in [-0.39, 0.29) is 18.0 Å². The normalized spacial score (nSPS) is 10.2. The van der Waals surface area contributed by atoms with Crippen LogP contribution in [0.1, 0.15) is 4.88 Å². The molecule has 0 saturated carbocycles. The van der Waals surface area contributed by atoms with Crippen LogP contribution in [-0.4, -0.2) is 12.0 Å². The van der Waals surface area contributed by atoms with Gasteiger partial charge in [0.1, 0.15) is 12.4 Å². The molecule has 0 bridgehead atoms. The fourth-order valence-electron chi connectivity index (χ4n) is 1.46. The van der Waals surface area contributed by atoms with E-state index < -0.39 is 4.92 Å². The van der Waals surface area contributed by atoms with Crippen LogP contribution in [-0.2, 0) is 6.61 Å². The van der Waals surface area contributed by atoms with E-state index in [4.69, 9.17) is 9.47 Å². The van der Waals surface area contributed by atoms with Gasteiger partial charge >= 0.3 is 5.69 Å². The van der Waals surface area contributed by atoms with Gasteiger partial charge in [-0.2, -0.15) is 0 Å². The Kier molecular flexibility index (Phi) is 4.39. The predicted molar refractivity (Wildman–Crippen MR) is 76.0 cm³/mol. The molecule has 0 aliphatic heterocycles. The Morgan fingerprint density at radius 1 is 1.42 bits per heavy atom. The van der Waals surface area contributed by atoms with Gasteiger partial charge in [-0.25, -0.2) is 0 Å². The lowest BCUT2D eigenvalue weighted by Gasteiger charge is -2.07. The topological polar surface area (TPSA) is 61.6 Å². The Morgan fingerprint density at radius 2 is 2.21 bits per heavy atom. The van der Waals surface area contributed by atoms with Crippen molar-refractivity contribution in [3.63, 3.8) is 0 Å². The van der Waals surface area contributed by atoms with E-state index in [1.54, 1.807) is 12.1 Å². The average molecular weight is 344 g/mol. The van der Waals surface area contributed by atoms with E-state index >= 15 is 0 Å². The summed E-state index contributed by atoms with van der Waals surface area (Å²) >= 11 is 4.91. The highest BCUT2D eigenvalue weighted by Crippen LogP contribution is 2.32. The van der Waals surface area contributed by atoms with Crippen molar-refractivity contribution >= 4 is 33.0 Å². The van der Waals surface area contributed by atoms with Gasteiger partial charge < -0.3 is 9.47 Å². The Morgan fingerprint density at radius 3 is 2.79 bits per heavy atom. The number of hydrogen-bond acceptors (Lipinski definition) is 5. The molecule has 2 aromatic rings. The van der Waals surface area contributed by atoms with Crippen molar-refractivity contribution in [2.24, 2.45) is 0 Å². The van der Waals surface area contributed by atoms with Crippen LogP contribution in [0.2, 0.25) is 0 Å². The zero-order valence-corrected chi connectivity index (χ0v) is 12.4. The van der Waals surface area contributed by atoms with Gasteiger partial charge in [-0.1, -0.05) is 0 Å². The molecule has 0 fully saturated rings. The molecule has 0 radical (unpaired) electrons. The summed E-state index contributed by atoms with van der Waals surface area (Å²) in [6.45, 7) is 0.283. The van der Waals surface area contributed by atoms with Crippen LogP contribution in [0.15, 0.2) is 34.1 Å². The number of nitro groups is 1. The maximum atomic E-state index is 11.0. The Hall–Kier alpha value is -1.60. The Bertz CT molecular complexity index is 599. The second kappa shape index (κ2) is 6.03. The minimum Gasteiger partial charge on any atom is -0.496 e. The number of benzene rings is 1. The van der Waals surface area contributed by atoms with Crippen LogP contribution in [0.25, 0.3) is 0 Å². The molecule has 0 unspecified atom stereocenters. The molecular formula is C12H10BrNO4S. The Labute approximate surface area is 122 Å². The van der Waals surface area contributed by atoms with Crippen LogP contribution < -0.4 is 9.47 Å². The van der Waals surface area contributed by atoms with Gasteiger partial charge in [0.2, 0.25) is 0 Å². The summed E-state index contributed by atoms with van der Waals surface area (Å²) in [5.74, 6) is 0.655. The minimum atomic E-state index is -0.485. The third-order valence-electron chi connectivity index (χ3n) is 2.41. The summed E-state index contributed by atoms with van der Waals surface area (Å²) in [7, 11) is 1.46. The first-order valence-electron chi connectivity index (χ1n) is 5.29. The van der Waals surface area contributed by atoms with Gasteiger partial charge in [0.05, 0.1) is 23.0 Å². The van der Waals surface area contributed by atoms with Crippen molar-refractivity contribution in [3.8, 4) is 11.5 Å². The number of ether oxygens (including phenoxy) is 2. The number of rotatable bonds is 5. The zero-order valence-electron chi connectivity index (χ0n) is 9.96. The molecule has 1 heterocycles. The molecule has 100 valence electrons. The highest BCUT2D eigenvalue weighted by Gasteiger charge is 2.17. The lowest BCUT2D eigenvalue weighted by molar-refractivity contribution is -0.386. The molecule has 2 rings (SSSR count). The number of halogens is 1. The van der Waals surface area contributed by atoms with Crippen molar-refractivity contribution in [1.82, 2.24) is 0 Å². The van der Waals surface area contributed by atoms with Gasteiger partial charge in [0.15, 0.2) is 5.75 Å². The smallest absolute Gasteiger partial charge is 0.314 e. The summed E-state index contributed by atoms with van der Waals surface area (Å²) in [6, 6.07) is 6.43. The molecule has 1 aromatic heterocycles. The van der Waals surface area contributed by atoms with E-state index in [9.17, 15) is 10.1 Å². The van der Waals surface area contributed by atoms with Crippen molar-refractivity contribution in [2.75, 3.05) is 7.11 Å². The molecular weight excluding hydrogens is 334 g/mol. The van der Waals surface area contributed by atoms with Crippen LogP contribution in [0.4, 0.5) is 5.69 Å². The summed E-state index contributed by atoms with van der Waals surface area (Å²) in [4.78, 5) is 11.5. The molecule has 0 spiro atoms. The number of thiophene rings is 1. The lowest BCUT2D eigenvalue weighted by atomic mass is 10.3. The molecule has 1 aromatic carbocycles. The molecule has 7 heteroatoms. The molecule has 5 nitrogen and oxygen atoms in total. The summed E-state index contributed by atoms with van der Waals surface area (Å²) in [5, 5.41) is 12.9. The molecule has 0 aliphatic rings. The second-order valence-electron chi connectivity index (χ2n) is 3.57. The minimum absolute atomic E-state index is 0.105. The van der Waals surface area contributed by atoms with Crippen LogP contribution in [0.3, 0.4) is 0 Å². The number of methoxy groups -OCH3 is 1. The van der Waals surface area contributed by atoms with Gasteiger partial charge in [0, 0.05) is 4.47 Å². The van der Waals surface area contributed by atoms with Crippen LogP contribution >= 0.6 is 27.3 Å². The first kappa shape index (κ1) is 13.8. The van der Waals surface area contributed by atoms with E-state index in [0.717, 1.165) is 9.35 Å². The number of hydrogen-bond donors (Lipinski definition) is 0. The highest BCUT2D eigenvalue weighted by atomic mass is 79.9. The summed E-state index contributed by atoms with van der Waals surface area (Å²) in [6.07, 6.45) is 0.